The molecule has 0 spiro atoms. The van der Waals surface area contributed by atoms with Crippen molar-refractivity contribution in [3.8, 4) is 5.75 Å². The van der Waals surface area contributed by atoms with Gasteiger partial charge in [0.05, 0.1) is 11.6 Å². The molecular formula is C11H12ClN5O2. The lowest BCUT2D eigenvalue weighted by atomic mass is 10.3. The first-order valence-corrected chi connectivity index (χ1v) is 6.05. The largest absolute Gasteiger partial charge is 0.492 e. The molecule has 1 heterocycles. The van der Waals surface area contributed by atoms with Crippen LogP contribution in [0.2, 0.25) is 5.02 Å². The summed E-state index contributed by atoms with van der Waals surface area (Å²) in [5, 5.41) is 15.7. The van der Waals surface area contributed by atoms with Crippen molar-refractivity contribution in [1.82, 2.24) is 20.6 Å². The molecule has 0 aliphatic rings. The highest BCUT2D eigenvalue weighted by molar-refractivity contribution is 6.32. The number of carbonyl (C=O) groups excluding carboxylic acids is 1. The van der Waals surface area contributed by atoms with Crippen LogP contribution in [0.15, 0.2) is 18.2 Å². The summed E-state index contributed by atoms with van der Waals surface area (Å²) in [6.07, 6.45) is 0.895. The standard InChI is InChI=1S/C11H12ClN5O2/c1-2-5-19-9-4-3-7(6-8(9)12)13-11(18)10-14-16-17-15-10/h3-4,6H,2,5H2,1H3,(H,13,18)(H,14,15,16,17). The van der Waals surface area contributed by atoms with Crippen molar-refractivity contribution < 1.29 is 9.53 Å². The molecule has 0 aliphatic carbocycles. The summed E-state index contributed by atoms with van der Waals surface area (Å²) in [6.45, 7) is 2.60. The monoisotopic (exact) mass is 281 g/mol. The molecule has 2 rings (SSSR count). The molecule has 0 saturated carbocycles. The number of nitrogens with one attached hydrogen (secondary N) is 2. The molecule has 1 aromatic carbocycles. The Balaban J connectivity index is 2.05. The maximum absolute atomic E-state index is 11.7. The molecule has 0 atom stereocenters. The van der Waals surface area contributed by atoms with E-state index in [1.54, 1.807) is 18.2 Å². The molecule has 0 bridgehead atoms. The summed E-state index contributed by atoms with van der Waals surface area (Å²) in [5.41, 5.74) is 0.531. The minimum Gasteiger partial charge on any atom is -0.492 e. The molecule has 0 saturated heterocycles. The average molecular weight is 282 g/mol. The lowest BCUT2D eigenvalue weighted by molar-refractivity contribution is 0.101. The number of nitrogens with zero attached hydrogens (tertiary/aromatic N) is 3. The van der Waals surface area contributed by atoms with Crippen molar-refractivity contribution >= 4 is 23.2 Å². The summed E-state index contributed by atoms with van der Waals surface area (Å²) in [6, 6.07) is 4.99. The van der Waals surface area contributed by atoms with Crippen LogP contribution in [0.3, 0.4) is 0 Å². The highest BCUT2D eigenvalue weighted by atomic mass is 35.5. The van der Waals surface area contributed by atoms with Gasteiger partial charge in [0.1, 0.15) is 5.75 Å². The van der Waals surface area contributed by atoms with Gasteiger partial charge < -0.3 is 10.1 Å². The van der Waals surface area contributed by atoms with Crippen LogP contribution >= 0.6 is 11.6 Å². The molecule has 0 unspecified atom stereocenters. The van der Waals surface area contributed by atoms with Crippen LogP contribution in [0.5, 0.6) is 5.75 Å². The average Bonchev–Trinajstić information content (AvgIpc) is 2.92. The third-order valence-electron chi connectivity index (χ3n) is 2.20. The Morgan fingerprint density at radius 2 is 2.37 bits per heavy atom. The first-order chi connectivity index (χ1) is 9.20. The molecule has 100 valence electrons. The number of amides is 1. The molecule has 2 aromatic rings. The first kappa shape index (κ1) is 13.3. The molecule has 19 heavy (non-hydrogen) atoms. The Hall–Kier alpha value is -2.15. The number of hydrogen-bond acceptors (Lipinski definition) is 5. The smallest absolute Gasteiger partial charge is 0.297 e. The predicted octanol–water partition coefficient (Wildman–Crippen LogP) is 1.89. The van der Waals surface area contributed by atoms with Crippen molar-refractivity contribution in [2.45, 2.75) is 13.3 Å². The topological polar surface area (TPSA) is 92.8 Å². The fourth-order valence-corrected chi connectivity index (χ4v) is 1.59. The molecule has 0 radical (unpaired) electrons. The highest BCUT2D eigenvalue weighted by Gasteiger charge is 2.11. The van der Waals surface area contributed by atoms with Gasteiger partial charge in [-0.2, -0.15) is 5.21 Å². The van der Waals surface area contributed by atoms with Crippen LogP contribution in [0.4, 0.5) is 5.69 Å². The maximum Gasteiger partial charge on any atom is 0.297 e. The normalized spacial score (nSPS) is 10.2. The van der Waals surface area contributed by atoms with Gasteiger partial charge >= 0.3 is 0 Å². The third kappa shape index (κ3) is 3.41. The van der Waals surface area contributed by atoms with Gasteiger partial charge in [-0.25, -0.2) is 0 Å². The number of aromatic nitrogens is 4. The third-order valence-corrected chi connectivity index (χ3v) is 2.50. The lowest BCUT2D eigenvalue weighted by Crippen LogP contribution is -2.13. The lowest BCUT2D eigenvalue weighted by Gasteiger charge is -2.08. The van der Waals surface area contributed by atoms with Crippen LogP contribution in [0.25, 0.3) is 0 Å². The zero-order valence-electron chi connectivity index (χ0n) is 10.2. The van der Waals surface area contributed by atoms with Crippen LogP contribution in [-0.2, 0) is 0 Å². The van der Waals surface area contributed by atoms with Crippen molar-refractivity contribution in [1.29, 1.82) is 0 Å². The number of rotatable bonds is 5. The summed E-state index contributed by atoms with van der Waals surface area (Å²) >= 11 is 6.05. The fraction of sp³-hybridized carbons (Fsp3) is 0.273. The summed E-state index contributed by atoms with van der Waals surface area (Å²) in [7, 11) is 0. The first-order valence-electron chi connectivity index (χ1n) is 5.68. The van der Waals surface area contributed by atoms with E-state index in [2.05, 4.69) is 25.9 Å². The molecule has 1 aromatic heterocycles. The number of carbonyl (C=O) groups is 1. The second-order valence-electron chi connectivity index (χ2n) is 3.68. The van der Waals surface area contributed by atoms with Gasteiger partial charge in [-0.15, -0.1) is 10.2 Å². The second-order valence-corrected chi connectivity index (χ2v) is 4.09. The van der Waals surface area contributed by atoms with Crippen molar-refractivity contribution in [3.05, 3.63) is 29.0 Å². The SMILES string of the molecule is CCCOc1ccc(NC(=O)c2nn[nH]n2)cc1Cl. The molecule has 2 N–H and O–H groups in total. The van der Waals surface area contributed by atoms with Crippen LogP contribution < -0.4 is 10.1 Å². The van der Waals surface area contributed by atoms with Gasteiger partial charge in [0.2, 0.25) is 0 Å². The summed E-state index contributed by atoms with van der Waals surface area (Å²) in [4.78, 5) is 11.7. The van der Waals surface area contributed by atoms with E-state index in [1.165, 1.54) is 0 Å². The summed E-state index contributed by atoms with van der Waals surface area (Å²) < 4.78 is 5.43. The minimum absolute atomic E-state index is 0.0394. The van der Waals surface area contributed by atoms with Crippen LogP contribution in [-0.4, -0.2) is 33.1 Å². The molecule has 0 aliphatic heterocycles. The van der Waals surface area contributed by atoms with Crippen molar-refractivity contribution in [2.75, 3.05) is 11.9 Å². The van der Waals surface area contributed by atoms with Gasteiger partial charge in [0.15, 0.2) is 0 Å². The molecule has 1 amide bonds. The predicted molar refractivity (Wildman–Crippen MR) is 69.4 cm³/mol. The van der Waals surface area contributed by atoms with Gasteiger partial charge in [0.25, 0.3) is 11.7 Å². The molecule has 7 nitrogen and oxygen atoms in total. The van der Waals surface area contributed by atoms with Crippen molar-refractivity contribution in [2.24, 2.45) is 0 Å². The van der Waals surface area contributed by atoms with Gasteiger partial charge in [-0.1, -0.05) is 18.5 Å². The van der Waals surface area contributed by atoms with Gasteiger partial charge in [-0.3, -0.25) is 4.79 Å². The zero-order chi connectivity index (χ0) is 13.7. The van der Waals surface area contributed by atoms with E-state index in [0.717, 1.165) is 6.42 Å². The number of H-pyrrole nitrogens is 1. The Morgan fingerprint density at radius 3 is 3.00 bits per heavy atom. The van der Waals surface area contributed by atoms with Crippen molar-refractivity contribution in [3.63, 3.8) is 0 Å². The maximum atomic E-state index is 11.7. The number of aromatic amines is 1. The highest BCUT2D eigenvalue weighted by Crippen LogP contribution is 2.27. The minimum atomic E-state index is -0.466. The van der Waals surface area contributed by atoms with E-state index in [0.29, 0.717) is 23.1 Å². The summed E-state index contributed by atoms with van der Waals surface area (Å²) in [5.74, 6) is 0.0792. The van der Waals surface area contributed by atoms with E-state index in [4.69, 9.17) is 16.3 Å². The number of benzene rings is 1. The van der Waals surface area contributed by atoms with Gasteiger partial charge in [0, 0.05) is 5.69 Å². The van der Waals surface area contributed by atoms with E-state index >= 15 is 0 Å². The quantitative estimate of drug-likeness (QED) is 0.873. The fourth-order valence-electron chi connectivity index (χ4n) is 1.35. The van der Waals surface area contributed by atoms with E-state index < -0.39 is 5.91 Å². The Morgan fingerprint density at radius 1 is 1.53 bits per heavy atom. The Labute approximate surface area is 114 Å². The Bertz CT molecular complexity index is 558. The number of anilines is 1. The molecular weight excluding hydrogens is 270 g/mol. The Kier molecular flexibility index (Phi) is 4.30. The van der Waals surface area contributed by atoms with Crippen LogP contribution in [0, 0.1) is 0 Å². The van der Waals surface area contributed by atoms with Crippen LogP contribution in [0.1, 0.15) is 24.0 Å². The molecule has 0 fully saturated rings. The number of ether oxygens (including phenoxy) is 1. The number of tetrazole rings is 1. The van der Waals surface area contributed by atoms with E-state index in [-0.39, 0.29) is 5.82 Å². The zero-order valence-corrected chi connectivity index (χ0v) is 10.9. The molecule has 8 heteroatoms. The number of hydrogen-bond donors (Lipinski definition) is 2. The van der Waals surface area contributed by atoms with E-state index in [9.17, 15) is 4.79 Å². The number of halogens is 1. The van der Waals surface area contributed by atoms with Gasteiger partial charge in [-0.05, 0) is 29.8 Å². The second kappa shape index (κ2) is 6.14. The van der Waals surface area contributed by atoms with E-state index in [1.807, 2.05) is 6.92 Å².